The zero-order valence-corrected chi connectivity index (χ0v) is 18.1. The number of rotatable bonds is 9. The van der Waals surface area contributed by atoms with Crippen LogP contribution in [0.3, 0.4) is 0 Å². The molecule has 0 spiro atoms. The van der Waals surface area contributed by atoms with Crippen molar-refractivity contribution in [2.24, 2.45) is 5.18 Å². The van der Waals surface area contributed by atoms with Crippen molar-refractivity contribution in [3.63, 3.8) is 0 Å². The molecule has 8 heteroatoms. The van der Waals surface area contributed by atoms with Crippen molar-refractivity contribution >= 4 is 23.5 Å². The minimum Gasteiger partial charge on any atom is -0.491 e. The first-order valence-electron chi connectivity index (χ1n) is 9.88. The van der Waals surface area contributed by atoms with Gasteiger partial charge >= 0.3 is 5.91 Å². The molecule has 7 nitrogen and oxygen atoms in total. The van der Waals surface area contributed by atoms with Crippen LogP contribution < -0.4 is 10.1 Å². The molecule has 1 aromatic heterocycles. The number of carbonyl (C=O) groups excluding carboxylic acids is 1. The molecule has 0 unspecified atom stereocenters. The van der Waals surface area contributed by atoms with Gasteiger partial charge in [-0.3, -0.25) is 4.79 Å². The summed E-state index contributed by atoms with van der Waals surface area (Å²) < 4.78 is 5.70. The third kappa shape index (κ3) is 6.86. The predicted octanol–water partition coefficient (Wildman–Crippen LogP) is 4.80. The molecule has 3 rings (SSSR count). The van der Waals surface area contributed by atoms with Crippen LogP contribution in [0.4, 0.5) is 5.95 Å². The standard InChI is InChI=1S/C23H23ClN4O3/c1-15(2)31-20-9-5-16(6-10-20)11-18-13-25-23(26-14-22(29)28-30)27-21(18)12-17-3-7-19(24)8-4-17/h3-10,13,15H,11-12,14H2,1-2H3,(H,25,26,27). The smallest absolute Gasteiger partial charge is 0.305 e. The number of anilines is 1. The summed E-state index contributed by atoms with van der Waals surface area (Å²) in [5.74, 6) is 0.283. The molecular formula is C23H23ClN4O3. The van der Waals surface area contributed by atoms with Gasteiger partial charge in [0.1, 0.15) is 12.3 Å². The molecule has 0 aliphatic rings. The van der Waals surface area contributed by atoms with Gasteiger partial charge in [-0.1, -0.05) is 35.9 Å². The third-order valence-corrected chi connectivity index (χ3v) is 4.68. The second kappa shape index (κ2) is 10.6. The highest BCUT2D eigenvalue weighted by molar-refractivity contribution is 6.30. The predicted molar refractivity (Wildman–Crippen MR) is 121 cm³/mol. The molecule has 1 N–H and O–H groups in total. The molecule has 0 bridgehead atoms. The monoisotopic (exact) mass is 438 g/mol. The van der Waals surface area contributed by atoms with E-state index in [2.05, 4.69) is 20.5 Å². The fourth-order valence-corrected chi connectivity index (χ4v) is 3.11. The summed E-state index contributed by atoms with van der Waals surface area (Å²) in [6, 6.07) is 15.5. The Kier molecular flexibility index (Phi) is 7.67. The van der Waals surface area contributed by atoms with Crippen LogP contribution in [-0.2, 0) is 17.6 Å². The van der Waals surface area contributed by atoms with Crippen LogP contribution in [-0.4, -0.2) is 28.5 Å². The van der Waals surface area contributed by atoms with Crippen molar-refractivity contribution in [3.8, 4) is 5.75 Å². The SMILES string of the molecule is CC(C)Oc1ccc(Cc2cnc(NCC(=O)N=O)nc2Cc2ccc(Cl)cc2)cc1. The molecule has 0 saturated carbocycles. The van der Waals surface area contributed by atoms with Gasteiger partial charge in [-0.15, -0.1) is 4.91 Å². The first kappa shape index (κ1) is 22.4. The van der Waals surface area contributed by atoms with E-state index in [0.717, 1.165) is 28.1 Å². The molecule has 31 heavy (non-hydrogen) atoms. The molecular weight excluding hydrogens is 416 g/mol. The van der Waals surface area contributed by atoms with E-state index >= 15 is 0 Å². The Morgan fingerprint density at radius 1 is 1.06 bits per heavy atom. The van der Waals surface area contributed by atoms with Crippen LogP contribution in [0.5, 0.6) is 5.75 Å². The number of benzene rings is 2. The highest BCUT2D eigenvalue weighted by Crippen LogP contribution is 2.21. The second-order valence-electron chi connectivity index (χ2n) is 7.29. The Bertz CT molecular complexity index is 1040. The van der Waals surface area contributed by atoms with Crippen LogP contribution >= 0.6 is 11.6 Å². The summed E-state index contributed by atoms with van der Waals surface area (Å²) in [5, 5.41) is 5.78. The summed E-state index contributed by atoms with van der Waals surface area (Å²) >= 11 is 6.00. The van der Waals surface area contributed by atoms with E-state index in [4.69, 9.17) is 16.3 Å². The van der Waals surface area contributed by atoms with E-state index in [-0.39, 0.29) is 18.6 Å². The number of nitroso groups, excluding NO2 is 1. The summed E-state index contributed by atoms with van der Waals surface area (Å²) in [6.07, 6.45) is 3.06. The van der Waals surface area contributed by atoms with Gasteiger partial charge in [-0.05, 0) is 54.8 Å². The lowest BCUT2D eigenvalue weighted by molar-refractivity contribution is -0.116. The van der Waals surface area contributed by atoms with Gasteiger partial charge in [0, 0.05) is 29.2 Å². The normalized spacial score (nSPS) is 10.7. The van der Waals surface area contributed by atoms with Gasteiger partial charge < -0.3 is 10.1 Å². The number of nitrogens with one attached hydrogen (secondary N) is 1. The number of amides is 1. The first-order chi connectivity index (χ1) is 14.9. The van der Waals surface area contributed by atoms with Gasteiger partial charge in [0.15, 0.2) is 0 Å². The lowest BCUT2D eigenvalue weighted by atomic mass is 10.0. The van der Waals surface area contributed by atoms with E-state index in [9.17, 15) is 9.70 Å². The van der Waals surface area contributed by atoms with Crippen LogP contribution in [0.1, 0.15) is 36.2 Å². The molecule has 0 saturated heterocycles. The Balaban J connectivity index is 1.83. The van der Waals surface area contributed by atoms with Crippen molar-refractivity contribution in [3.05, 3.63) is 87.0 Å². The molecule has 0 aliphatic heterocycles. The zero-order chi connectivity index (χ0) is 22.2. The minimum absolute atomic E-state index is 0.117. The average molecular weight is 439 g/mol. The van der Waals surface area contributed by atoms with E-state index in [1.165, 1.54) is 0 Å². The molecule has 0 fully saturated rings. The third-order valence-electron chi connectivity index (χ3n) is 4.43. The van der Waals surface area contributed by atoms with Gasteiger partial charge in [-0.25, -0.2) is 9.97 Å². The van der Waals surface area contributed by atoms with E-state index in [0.29, 0.717) is 17.9 Å². The lowest BCUT2D eigenvalue weighted by Gasteiger charge is -2.13. The Hall–Kier alpha value is -3.32. The number of hydrogen-bond acceptors (Lipinski definition) is 6. The quantitative estimate of drug-likeness (QED) is 0.482. The maximum atomic E-state index is 11.2. The van der Waals surface area contributed by atoms with Crippen molar-refractivity contribution in [1.29, 1.82) is 0 Å². The van der Waals surface area contributed by atoms with E-state index in [1.807, 2.05) is 62.4 Å². The largest absolute Gasteiger partial charge is 0.491 e. The molecule has 2 aromatic carbocycles. The van der Waals surface area contributed by atoms with Crippen LogP contribution in [0, 0.1) is 4.91 Å². The topological polar surface area (TPSA) is 93.5 Å². The number of halogens is 1. The summed E-state index contributed by atoms with van der Waals surface area (Å²) in [7, 11) is 0. The zero-order valence-electron chi connectivity index (χ0n) is 17.3. The van der Waals surface area contributed by atoms with Crippen LogP contribution in [0.25, 0.3) is 0 Å². The molecule has 0 aliphatic carbocycles. The second-order valence-corrected chi connectivity index (χ2v) is 7.73. The van der Waals surface area contributed by atoms with Crippen molar-refractivity contribution in [2.75, 3.05) is 11.9 Å². The number of ether oxygens (including phenoxy) is 1. The molecule has 1 amide bonds. The highest BCUT2D eigenvalue weighted by Gasteiger charge is 2.11. The molecule has 160 valence electrons. The number of nitrogens with zero attached hydrogens (tertiary/aromatic N) is 3. The molecule has 0 radical (unpaired) electrons. The molecule has 0 atom stereocenters. The fourth-order valence-electron chi connectivity index (χ4n) is 2.99. The van der Waals surface area contributed by atoms with Gasteiger partial charge in [0.2, 0.25) is 5.95 Å². The van der Waals surface area contributed by atoms with Crippen molar-refractivity contribution in [2.45, 2.75) is 32.8 Å². The Morgan fingerprint density at radius 2 is 1.71 bits per heavy atom. The number of carbonyl (C=O) groups is 1. The van der Waals surface area contributed by atoms with Crippen molar-refractivity contribution in [1.82, 2.24) is 9.97 Å². The lowest BCUT2D eigenvalue weighted by Crippen LogP contribution is -2.14. The maximum absolute atomic E-state index is 11.2. The Morgan fingerprint density at radius 3 is 2.35 bits per heavy atom. The summed E-state index contributed by atoms with van der Waals surface area (Å²) in [5.41, 5.74) is 3.91. The van der Waals surface area contributed by atoms with Crippen LogP contribution in [0.2, 0.25) is 5.02 Å². The van der Waals surface area contributed by atoms with E-state index < -0.39 is 5.91 Å². The maximum Gasteiger partial charge on any atom is 0.305 e. The Labute approximate surface area is 185 Å². The van der Waals surface area contributed by atoms with Crippen LogP contribution in [0.15, 0.2) is 59.9 Å². The van der Waals surface area contributed by atoms with Crippen molar-refractivity contribution < 1.29 is 9.53 Å². The summed E-state index contributed by atoms with van der Waals surface area (Å²) in [6.45, 7) is 3.73. The summed E-state index contributed by atoms with van der Waals surface area (Å²) in [4.78, 5) is 30.3. The molecule has 3 aromatic rings. The minimum atomic E-state index is -0.810. The number of hydrogen-bond donors (Lipinski definition) is 1. The van der Waals surface area contributed by atoms with Gasteiger partial charge in [0.05, 0.1) is 11.8 Å². The average Bonchev–Trinajstić information content (AvgIpc) is 2.76. The number of aromatic nitrogens is 2. The van der Waals surface area contributed by atoms with Gasteiger partial charge in [-0.2, -0.15) is 0 Å². The fraction of sp³-hybridized carbons (Fsp3) is 0.261. The highest BCUT2D eigenvalue weighted by atomic mass is 35.5. The first-order valence-corrected chi connectivity index (χ1v) is 10.3. The van der Waals surface area contributed by atoms with E-state index in [1.54, 1.807) is 6.20 Å². The van der Waals surface area contributed by atoms with Gasteiger partial charge in [0.25, 0.3) is 0 Å². The molecule has 1 heterocycles.